The number of nitrogens with zero attached hydrogens (tertiary/aromatic N) is 3. The molecule has 0 bridgehead atoms. The second-order valence-corrected chi connectivity index (χ2v) is 9.73. The van der Waals surface area contributed by atoms with Gasteiger partial charge in [0.25, 0.3) is 0 Å². The molecule has 0 N–H and O–H groups in total. The van der Waals surface area contributed by atoms with E-state index in [1.807, 2.05) is 0 Å². The van der Waals surface area contributed by atoms with Crippen molar-refractivity contribution in [3.05, 3.63) is 41.0 Å². The fourth-order valence-corrected chi connectivity index (χ4v) is 4.08. The van der Waals surface area contributed by atoms with Gasteiger partial charge in [0.2, 0.25) is 5.91 Å². The van der Waals surface area contributed by atoms with Crippen molar-refractivity contribution in [3.8, 4) is 0 Å². The van der Waals surface area contributed by atoms with Gasteiger partial charge in [0, 0.05) is 39.3 Å². The van der Waals surface area contributed by atoms with Crippen molar-refractivity contribution >= 4 is 12.0 Å². The summed E-state index contributed by atoms with van der Waals surface area (Å²) in [6.07, 6.45) is 4.45. The number of carbonyl (C=O) groups excluding carboxylic acids is 1. The van der Waals surface area contributed by atoms with Gasteiger partial charge in [-0.3, -0.25) is 9.69 Å². The summed E-state index contributed by atoms with van der Waals surface area (Å²) in [4.78, 5) is 20.6. The van der Waals surface area contributed by atoms with Gasteiger partial charge in [-0.15, -0.1) is 0 Å². The Bertz CT molecular complexity index is 717. The molecule has 0 unspecified atom stereocenters. The van der Waals surface area contributed by atoms with Gasteiger partial charge in [-0.25, -0.2) is 0 Å². The van der Waals surface area contributed by atoms with Crippen molar-refractivity contribution in [2.45, 2.75) is 59.9 Å². The number of hydrogen-bond donors (Lipinski definition) is 0. The zero-order valence-corrected chi connectivity index (χ0v) is 20.4. The van der Waals surface area contributed by atoms with Crippen LogP contribution in [0.2, 0.25) is 0 Å². The average Bonchev–Trinajstić information content (AvgIpc) is 2.72. The van der Waals surface area contributed by atoms with Crippen LogP contribution in [-0.4, -0.2) is 72.5 Å². The number of likely N-dealkylation sites (N-methyl/N-ethyl adjacent to an activating group) is 1. The molecular weight excluding hydrogens is 370 g/mol. The second kappa shape index (κ2) is 11.1. The lowest BCUT2D eigenvalue weighted by atomic mass is 9.97. The van der Waals surface area contributed by atoms with Crippen molar-refractivity contribution in [1.29, 1.82) is 0 Å². The maximum absolute atomic E-state index is 13.7. The van der Waals surface area contributed by atoms with E-state index < -0.39 is 5.54 Å². The van der Waals surface area contributed by atoms with Crippen LogP contribution < -0.4 is 0 Å². The molecule has 1 saturated heterocycles. The Morgan fingerprint density at radius 3 is 2.43 bits per heavy atom. The van der Waals surface area contributed by atoms with E-state index in [9.17, 15) is 4.79 Å². The SMILES string of the molecule is CC[C@@H](C)CCN(C/C(C)=C/c1ccccc1C)C(=O)C(C)(C)N1CCN(C)CC1. The van der Waals surface area contributed by atoms with Crippen LogP contribution in [0.25, 0.3) is 6.08 Å². The van der Waals surface area contributed by atoms with Crippen LogP contribution in [0.5, 0.6) is 0 Å². The van der Waals surface area contributed by atoms with Crippen LogP contribution in [0.1, 0.15) is 58.6 Å². The molecule has 1 heterocycles. The molecule has 4 nitrogen and oxygen atoms in total. The van der Waals surface area contributed by atoms with Gasteiger partial charge in [-0.1, -0.05) is 56.2 Å². The summed E-state index contributed by atoms with van der Waals surface area (Å²) in [5, 5.41) is 0. The Kier molecular flexibility index (Phi) is 9.11. The molecule has 1 aliphatic rings. The quantitative estimate of drug-likeness (QED) is 0.588. The Morgan fingerprint density at radius 1 is 1.20 bits per heavy atom. The largest absolute Gasteiger partial charge is 0.337 e. The molecular formula is C26H43N3O. The predicted octanol–water partition coefficient (Wildman–Crippen LogP) is 4.69. The lowest BCUT2D eigenvalue weighted by Gasteiger charge is -2.44. The van der Waals surface area contributed by atoms with E-state index >= 15 is 0 Å². The smallest absolute Gasteiger partial charge is 0.242 e. The molecule has 1 fully saturated rings. The minimum absolute atomic E-state index is 0.257. The molecule has 0 spiro atoms. The van der Waals surface area contributed by atoms with Crippen LogP contribution in [0.4, 0.5) is 0 Å². The molecule has 2 rings (SSSR count). The Morgan fingerprint density at radius 2 is 1.83 bits per heavy atom. The van der Waals surface area contributed by atoms with E-state index in [4.69, 9.17) is 0 Å². The van der Waals surface area contributed by atoms with Gasteiger partial charge < -0.3 is 9.80 Å². The topological polar surface area (TPSA) is 26.8 Å². The third kappa shape index (κ3) is 6.68. The maximum Gasteiger partial charge on any atom is 0.242 e. The summed E-state index contributed by atoms with van der Waals surface area (Å²) in [7, 11) is 2.16. The molecule has 0 saturated carbocycles. The number of amides is 1. The van der Waals surface area contributed by atoms with E-state index in [0.29, 0.717) is 12.5 Å². The van der Waals surface area contributed by atoms with Gasteiger partial charge >= 0.3 is 0 Å². The lowest BCUT2D eigenvalue weighted by molar-refractivity contribution is -0.143. The first-order valence-electron chi connectivity index (χ1n) is 11.6. The van der Waals surface area contributed by atoms with E-state index in [1.165, 1.54) is 16.7 Å². The molecule has 0 aromatic heterocycles. The zero-order chi connectivity index (χ0) is 22.3. The third-order valence-corrected chi connectivity index (χ3v) is 6.72. The van der Waals surface area contributed by atoms with E-state index in [0.717, 1.165) is 45.6 Å². The maximum atomic E-state index is 13.7. The monoisotopic (exact) mass is 413 g/mol. The Balaban J connectivity index is 2.18. The van der Waals surface area contributed by atoms with Crippen LogP contribution in [-0.2, 0) is 4.79 Å². The predicted molar refractivity (Wildman–Crippen MR) is 129 cm³/mol. The van der Waals surface area contributed by atoms with Crippen LogP contribution in [0.3, 0.4) is 0 Å². The Hall–Kier alpha value is -1.65. The van der Waals surface area contributed by atoms with Crippen molar-refractivity contribution in [1.82, 2.24) is 14.7 Å². The third-order valence-electron chi connectivity index (χ3n) is 6.72. The van der Waals surface area contributed by atoms with Crippen molar-refractivity contribution in [2.75, 3.05) is 46.3 Å². The summed E-state index contributed by atoms with van der Waals surface area (Å²) in [6, 6.07) is 8.44. The van der Waals surface area contributed by atoms with E-state index in [1.54, 1.807) is 0 Å². The van der Waals surface area contributed by atoms with Gasteiger partial charge in [0.05, 0.1) is 5.54 Å². The van der Waals surface area contributed by atoms with Crippen molar-refractivity contribution < 1.29 is 4.79 Å². The highest BCUT2D eigenvalue weighted by Gasteiger charge is 2.38. The van der Waals surface area contributed by atoms with Crippen molar-refractivity contribution in [2.24, 2.45) is 5.92 Å². The minimum Gasteiger partial charge on any atom is -0.337 e. The highest BCUT2D eigenvalue weighted by molar-refractivity contribution is 5.86. The fourth-order valence-electron chi connectivity index (χ4n) is 4.08. The van der Waals surface area contributed by atoms with Crippen LogP contribution in [0.15, 0.2) is 29.8 Å². The highest BCUT2D eigenvalue weighted by Crippen LogP contribution is 2.22. The first-order chi connectivity index (χ1) is 14.1. The van der Waals surface area contributed by atoms with Gasteiger partial charge in [-0.05, 0) is 58.2 Å². The molecule has 4 heteroatoms. The average molecular weight is 414 g/mol. The molecule has 30 heavy (non-hydrogen) atoms. The molecule has 1 aromatic carbocycles. The number of rotatable bonds is 9. The number of piperazine rings is 1. The number of carbonyl (C=O) groups is 1. The Labute approximate surface area is 184 Å². The number of benzene rings is 1. The van der Waals surface area contributed by atoms with Crippen molar-refractivity contribution in [3.63, 3.8) is 0 Å². The van der Waals surface area contributed by atoms with E-state index in [-0.39, 0.29) is 5.91 Å². The van der Waals surface area contributed by atoms with E-state index in [2.05, 4.69) is 93.6 Å². The summed E-state index contributed by atoms with van der Waals surface area (Å²) in [6.45, 7) is 18.5. The summed E-state index contributed by atoms with van der Waals surface area (Å²) in [5.74, 6) is 0.889. The molecule has 0 radical (unpaired) electrons. The molecule has 1 aliphatic heterocycles. The lowest BCUT2D eigenvalue weighted by Crippen LogP contribution is -2.61. The zero-order valence-electron chi connectivity index (χ0n) is 20.4. The van der Waals surface area contributed by atoms with Crippen LogP contribution in [0, 0.1) is 12.8 Å². The first-order valence-corrected chi connectivity index (χ1v) is 11.6. The second-order valence-electron chi connectivity index (χ2n) is 9.73. The number of aryl methyl sites for hydroxylation is 1. The number of hydrogen-bond acceptors (Lipinski definition) is 3. The molecule has 1 amide bonds. The molecule has 1 aromatic rings. The molecule has 168 valence electrons. The highest BCUT2D eigenvalue weighted by atomic mass is 16.2. The minimum atomic E-state index is -0.473. The summed E-state index contributed by atoms with van der Waals surface area (Å²) >= 11 is 0. The normalized spacial score (nSPS) is 17.8. The summed E-state index contributed by atoms with van der Waals surface area (Å²) in [5.41, 5.74) is 3.27. The summed E-state index contributed by atoms with van der Waals surface area (Å²) < 4.78 is 0. The first kappa shape index (κ1) is 24.6. The van der Waals surface area contributed by atoms with Gasteiger partial charge in [0.15, 0.2) is 0 Å². The molecule has 0 aliphatic carbocycles. The van der Waals surface area contributed by atoms with Gasteiger partial charge in [-0.2, -0.15) is 0 Å². The fraction of sp³-hybridized carbons (Fsp3) is 0.654. The molecule has 1 atom stereocenters. The van der Waals surface area contributed by atoms with Crippen LogP contribution >= 0.6 is 0 Å². The van der Waals surface area contributed by atoms with Gasteiger partial charge in [0.1, 0.15) is 0 Å². The standard InChI is InChI=1S/C26H43N3O/c1-8-21(2)13-14-28(20-22(3)19-24-12-10-9-11-23(24)4)25(30)26(5,6)29-17-15-27(7)16-18-29/h9-12,19,21H,8,13-18,20H2,1-7H3/b22-19+/t21-/m1/s1.